The van der Waals surface area contributed by atoms with E-state index in [4.69, 9.17) is 10.5 Å². The average molecular weight is 397 g/mol. The quantitative estimate of drug-likeness (QED) is 0.465. The first kappa shape index (κ1) is 21.3. The smallest absolute Gasteiger partial charge is 0.323 e. The van der Waals surface area contributed by atoms with E-state index in [0.717, 1.165) is 0 Å². The van der Waals surface area contributed by atoms with Crippen LogP contribution in [0.3, 0.4) is 0 Å². The first-order valence-corrected chi connectivity index (χ1v) is 10.6. The van der Waals surface area contributed by atoms with Crippen LogP contribution in [0.4, 0.5) is 5.82 Å². The summed E-state index contributed by atoms with van der Waals surface area (Å²) in [5.74, 6) is -0.237. The third-order valence-electron chi connectivity index (χ3n) is 3.95. The Morgan fingerprint density at radius 1 is 1.33 bits per heavy atom. The number of aromatic nitrogens is 4. The minimum absolute atomic E-state index is 0.0422. The number of carbonyl (C=O) groups is 1. The van der Waals surface area contributed by atoms with E-state index < -0.39 is 19.5 Å². The zero-order valence-corrected chi connectivity index (χ0v) is 16.8. The molecule has 3 N–H and O–H groups in total. The molecule has 3 atom stereocenters. The molecule has 2 heterocycles. The number of nitrogen functional groups attached to an aromatic ring is 1. The monoisotopic (exact) mass is 397 g/mol. The third-order valence-corrected chi connectivity index (χ3v) is 5.58. The molecule has 0 fully saturated rings. The second-order valence-electron chi connectivity index (χ2n) is 6.96. The van der Waals surface area contributed by atoms with Crippen LogP contribution >= 0.6 is 7.52 Å². The number of carbonyl (C=O) groups excluding carboxylic acids is 1. The second-order valence-corrected chi connectivity index (χ2v) is 9.01. The van der Waals surface area contributed by atoms with Gasteiger partial charge in [0.1, 0.15) is 17.9 Å². The van der Waals surface area contributed by atoms with Crippen molar-refractivity contribution < 1.29 is 19.0 Å². The molecule has 0 aromatic carbocycles. The number of imidazole rings is 1. The summed E-state index contributed by atoms with van der Waals surface area (Å²) < 4.78 is 19.1. The van der Waals surface area contributed by atoms with Gasteiger partial charge in [-0.05, 0) is 33.1 Å². The number of ether oxygens (including phenoxy) is 1. The van der Waals surface area contributed by atoms with E-state index in [1.165, 1.54) is 13.3 Å². The minimum Gasteiger partial charge on any atom is -0.788 e. The predicted molar refractivity (Wildman–Crippen MR) is 99.8 cm³/mol. The molecule has 2 aromatic rings. The van der Waals surface area contributed by atoms with Crippen molar-refractivity contribution in [3.8, 4) is 0 Å². The summed E-state index contributed by atoms with van der Waals surface area (Å²) in [5.41, 5.74) is 6.91. The Morgan fingerprint density at radius 3 is 2.70 bits per heavy atom. The molecule has 2 aromatic heterocycles. The fourth-order valence-electron chi connectivity index (χ4n) is 2.60. The molecule has 2 rings (SSSR count). The first-order chi connectivity index (χ1) is 12.6. The Labute approximate surface area is 158 Å². The Balaban J connectivity index is 1.90. The van der Waals surface area contributed by atoms with Gasteiger partial charge in [0.15, 0.2) is 11.5 Å². The zero-order chi connectivity index (χ0) is 20.2. The van der Waals surface area contributed by atoms with Crippen molar-refractivity contribution in [2.24, 2.45) is 5.92 Å². The van der Waals surface area contributed by atoms with Gasteiger partial charge in [0.05, 0.1) is 20.0 Å². The van der Waals surface area contributed by atoms with Crippen LogP contribution in [0.1, 0.15) is 34.1 Å². The maximum atomic E-state index is 12.2. The fourth-order valence-corrected chi connectivity index (χ4v) is 4.20. The summed E-state index contributed by atoms with van der Waals surface area (Å²) >= 11 is 0. The van der Waals surface area contributed by atoms with Gasteiger partial charge in [-0.25, -0.2) is 15.0 Å². The number of nitrogens with one attached hydrogen (secondary N) is 1. The SMILES string of the molecule is CC(C)OC(=O)[C@@H](C)NP(=O)([O-])CC[C@H](C)Cn1cnc2c(N)ncnc21. The van der Waals surface area contributed by atoms with E-state index in [9.17, 15) is 14.3 Å². The molecule has 0 amide bonds. The second kappa shape index (κ2) is 8.77. The molecule has 1 unspecified atom stereocenters. The number of nitrogens with two attached hydrogens (primary N) is 1. The molecule has 0 saturated carbocycles. The molecular formula is C16H26N6O4P-. The summed E-state index contributed by atoms with van der Waals surface area (Å²) in [6.07, 6.45) is 3.03. The molecule has 27 heavy (non-hydrogen) atoms. The van der Waals surface area contributed by atoms with Crippen LogP contribution in [0.2, 0.25) is 0 Å². The molecule has 0 saturated heterocycles. The van der Waals surface area contributed by atoms with Gasteiger partial charge in [0.2, 0.25) is 0 Å². The van der Waals surface area contributed by atoms with E-state index in [0.29, 0.717) is 29.9 Å². The lowest BCUT2D eigenvalue weighted by molar-refractivity contribution is -0.180. The topological polar surface area (TPSA) is 148 Å². The van der Waals surface area contributed by atoms with E-state index in [2.05, 4.69) is 20.0 Å². The van der Waals surface area contributed by atoms with Crippen molar-refractivity contribution in [3.63, 3.8) is 0 Å². The van der Waals surface area contributed by atoms with Crippen molar-refractivity contribution in [2.45, 2.75) is 52.8 Å². The highest BCUT2D eigenvalue weighted by Crippen LogP contribution is 2.33. The maximum Gasteiger partial charge on any atom is 0.323 e. The van der Waals surface area contributed by atoms with Gasteiger partial charge < -0.3 is 24.5 Å². The predicted octanol–water partition coefficient (Wildman–Crippen LogP) is 0.918. The van der Waals surface area contributed by atoms with Crippen molar-refractivity contribution in [1.82, 2.24) is 24.6 Å². The van der Waals surface area contributed by atoms with Crippen molar-refractivity contribution >= 4 is 30.5 Å². The van der Waals surface area contributed by atoms with Crippen molar-refractivity contribution in [1.29, 1.82) is 0 Å². The molecule has 0 spiro atoms. The van der Waals surface area contributed by atoms with Crippen molar-refractivity contribution in [3.05, 3.63) is 12.7 Å². The van der Waals surface area contributed by atoms with E-state index >= 15 is 0 Å². The largest absolute Gasteiger partial charge is 0.788 e. The van der Waals surface area contributed by atoms with Crippen LogP contribution in [0.15, 0.2) is 12.7 Å². The summed E-state index contributed by atoms with van der Waals surface area (Å²) in [6, 6.07) is -0.914. The number of anilines is 1. The summed E-state index contributed by atoms with van der Waals surface area (Å²) in [6.45, 7) is 7.37. The van der Waals surface area contributed by atoms with Gasteiger partial charge in [0.25, 0.3) is 0 Å². The lowest BCUT2D eigenvalue weighted by Gasteiger charge is -2.29. The van der Waals surface area contributed by atoms with E-state index in [1.54, 1.807) is 20.2 Å². The van der Waals surface area contributed by atoms with Gasteiger partial charge in [-0.3, -0.25) is 9.88 Å². The van der Waals surface area contributed by atoms with Gasteiger partial charge in [-0.1, -0.05) is 6.92 Å². The van der Waals surface area contributed by atoms with E-state index in [1.807, 2.05) is 11.5 Å². The first-order valence-electron chi connectivity index (χ1n) is 8.78. The standard InChI is InChI=1S/C16H27N6O4P/c1-10(2)26-16(23)12(4)21-27(24,25)6-5-11(3)7-22-9-20-13-14(17)18-8-19-15(13)22/h8-12H,5-7H2,1-4H3,(H2,17,18,19)(H2,21,24,25)/p-1/t11-,12+/m0/s1. The van der Waals surface area contributed by atoms with Gasteiger partial charge in [0, 0.05) is 12.7 Å². The molecule has 0 bridgehead atoms. The molecule has 0 radical (unpaired) electrons. The number of esters is 1. The molecule has 0 aliphatic heterocycles. The number of rotatable bonds is 9. The minimum atomic E-state index is -3.92. The Kier molecular flexibility index (Phi) is 6.91. The fraction of sp³-hybridized carbons (Fsp3) is 0.625. The highest BCUT2D eigenvalue weighted by molar-refractivity contribution is 7.54. The Morgan fingerprint density at radius 2 is 2.04 bits per heavy atom. The van der Waals surface area contributed by atoms with E-state index in [-0.39, 0.29) is 18.2 Å². The zero-order valence-electron chi connectivity index (χ0n) is 16.0. The van der Waals surface area contributed by atoms with Gasteiger partial charge in [-0.2, -0.15) is 0 Å². The molecule has 0 aliphatic carbocycles. The molecule has 11 heteroatoms. The lowest BCUT2D eigenvalue weighted by atomic mass is 10.1. The van der Waals surface area contributed by atoms with Crippen LogP contribution in [0, 0.1) is 5.92 Å². The normalized spacial score (nSPS) is 16.2. The Hall–Kier alpha value is -2.03. The number of fused-ring (bicyclic) bond motifs is 1. The number of hydrogen-bond acceptors (Lipinski definition) is 8. The third kappa shape index (κ3) is 5.98. The Bertz CT molecular complexity index is 839. The average Bonchev–Trinajstić information content (AvgIpc) is 2.96. The highest BCUT2D eigenvalue weighted by atomic mass is 31.2. The van der Waals surface area contributed by atoms with Crippen LogP contribution in [0.25, 0.3) is 11.2 Å². The van der Waals surface area contributed by atoms with Crippen molar-refractivity contribution in [2.75, 3.05) is 11.9 Å². The molecular weight excluding hydrogens is 371 g/mol. The summed E-state index contributed by atoms with van der Waals surface area (Å²) in [4.78, 5) is 36.3. The maximum absolute atomic E-state index is 12.2. The molecule has 0 aliphatic rings. The van der Waals surface area contributed by atoms with Gasteiger partial charge >= 0.3 is 5.97 Å². The van der Waals surface area contributed by atoms with Crippen LogP contribution in [-0.2, 0) is 20.6 Å². The molecule has 150 valence electrons. The summed E-state index contributed by atoms with van der Waals surface area (Å²) in [7, 11) is -3.92. The highest BCUT2D eigenvalue weighted by Gasteiger charge is 2.21. The van der Waals surface area contributed by atoms with Crippen LogP contribution in [-0.4, -0.2) is 43.8 Å². The number of hydrogen-bond donors (Lipinski definition) is 2. The lowest BCUT2D eigenvalue weighted by Crippen LogP contribution is -2.38. The van der Waals surface area contributed by atoms with Crippen LogP contribution in [0.5, 0.6) is 0 Å². The summed E-state index contributed by atoms with van der Waals surface area (Å²) in [5, 5.41) is 2.38. The molecule has 10 nitrogen and oxygen atoms in total. The van der Waals surface area contributed by atoms with Gasteiger partial charge in [-0.15, -0.1) is 0 Å². The van der Waals surface area contributed by atoms with Crippen LogP contribution < -0.4 is 15.7 Å². The number of nitrogens with zero attached hydrogens (tertiary/aromatic N) is 4.